The van der Waals surface area contributed by atoms with Crippen molar-refractivity contribution in [1.29, 1.82) is 0 Å². The highest BCUT2D eigenvalue weighted by Crippen LogP contribution is 2.28. The van der Waals surface area contributed by atoms with E-state index >= 15 is 0 Å². The predicted octanol–water partition coefficient (Wildman–Crippen LogP) is 4.08. The topological polar surface area (TPSA) is 32.9 Å². The molecule has 0 bridgehead atoms. The molecule has 0 unspecified atom stereocenters. The fourth-order valence-corrected chi connectivity index (χ4v) is 2.29. The van der Waals surface area contributed by atoms with Crippen molar-refractivity contribution < 1.29 is 4.79 Å². The Balaban J connectivity index is 2.41. The molecular formula is C16H13NO. The van der Waals surface area contributed by atoms with Gasteiger partial charge in [-0.3, -0.25) is 4.79 Å². The number of nitrogens with one attached hydrogen (secondary N) is 1. The largest absolute Gasteiger partial charge is 0.354 e. The highest BCUT2D eigenvalue weighted by atomic mass is 16.1. The molecule has 0 aliphatic carbocycles. The van der Waals surface area contributed by atoms with Gasteiger partial charge in [0.25, 0.3) is 0 Å². The normalized spacial score (nSPS) is 10.9. The van der Waals surface area contributed by atoms with Crippen LogP contribution in [0.1, 0.15) is 17.3 Å². The number of benzene rings is 2. The van der Waals surface area contributed by atoms with Crippen LogP contribution in [0.25, 0.3) is 21.8 Å². The first-order valence-corrected chi connectivity index (χ1v) is 5.88. The molecule has 1 aromatic heterocycles. The quantitative estimate of drug-likeness (QED) is 0.527. The van der Waals surface area contributed by atoms with Gasteiger partial charge in [0.05, 0.1) is 5.52 Å². The number of Topliss-reactive ketones (excluding diaryl/α,β-unsaturated/α-hetero) is 1. The standard InChI is InChI=1S/C16H13NO/c1-10(2)16(18)13-8-5-7-12-11-6-3-4-9-14(11)17-15(12)13/h3-9,17H,1H2,2H3. The summed E-state index contributed by atoms with van der Waals surface area (Å²) in [6, 6.07) is 13.9. The predicted molar refractivity (Wildman–Crippen MR) is 74.9 cm³/mol. The molecule has 0 saturated carbocycles. The Labute approximate surface area is 105 Å². The monoisotopic (exact) mass is 235 g/mol. The Morgan fingerprint density at radius 3 is 2.56 bits per heavy atom. The van der Waals surface area contributed by atoms with E-state index in [1.54, 1.807) is 6.92 Å². The minimum Gasteiger partial charge on any atom is -0.354 e. The van der Waals surface area contributed by atoms with Crippen LogP contribution in [0.15, 0.2) is 54.6 Å². The molecular weight excluding hydrogens is 222 g/mol. The van der Waals surface area contributed by atoms with E-state index in [4.69, 9.17) is 0 Å². The van der Waals surface area contributed by atoms with Gasteiger partial charge in [0.2, 0.25) is 0 Å². The Kier molecular flexibility index (Phi) is 2.30. The third-order valence-corrected chi connectivity index (χ3v) is 3.17. The summed E-state index contributed by atoms with van der Waals surface area (Å²) in [6.07, 6.45) is 0. The Morgan fingerprint density at radius 1 is 1.06 bits per heavy atom. The van der Waals surface area contributed by atoms with E-state index in [0.29, 0.717) is 11.1 Å². The maximum atomic E-state index is 12.1. The van der Waals surface area contributed by atoms with Gasteiger partial charge in [0, 0.05) is 21.9 Å². The molecule has 1 heterocycles. The molecule has 0 fully saturated rings. The zero-order valence-electron chi connectivity index (χ0n) is 10.2. The van der Waals surface area contributed by atoms with Crippen LogP contribution in [-0.4, -0.2) is 10.8 Å². The zero-order valence-corrected chi connectivity index (χ0v) is 10.2. The van der Waals surface area contributed by atoms with Crippen LogP contribution in [0.2, 0.25) is 0 Å². The fourth-order valence-electron chi connectivity index (χ4n) is 2.29. The van der Waals surface area contributed by atoms with Crippen LogP contribution in [0.3, 0.4) is 0 Å². The van der Waals surface area contributed by atoms with E-state index in [1.807, 2.05) is 36.4 Å². The number of carbonyl (C=O) groups is 1. The summed E-state index contributed by atoms with van der Waals surface area (Å²) in [6.45, 7) is 5.47. The van der Waals surface area contributed by atoms with Crippen molar-refractivity contribution in [3.05, 3.63) is 60.2 Å². The summed E-state index contributed by atoms with van der Waals surface area (Å²) in [5, 5.41) is 2.22. The first-order valence-electron chi connectivity index (χ1n) is 5.88. The zero-order chi connectivity index (χ0) is 12.7. The lowest BCUT2D eigenvalue weighted by atomic mass is 10.0. The van der Waals surface area contributed by atoms with Gasteiger partial charge in [-0.05, 0) is 24.6 Å². The lowest BCUT2D eigenvalue weighted by Gasteiger charge is -2.01. The van der Waals surface area contributed by atoms with Crippen LogP contribution in [-0.2, 0) is 0 Å². The summed E-state index contributed by atoms with van der Waals surface area (Å²) in [7, 11) is 0. The molecule has 88 valence electrons. The highest BCUT2D eigenvalue weighted by Gasteiger charge is 2.13. The second-order valence-electron chi connectivity index (χ2n) is 4.51. The van der Waals surface area contributed by atoms with Crippen LogP contribution in [0.5, 0.6) is 0 Å². The van der Waals surface area contributed by atoms with Gasteiger partial charge < -0.3 is 4.98 Å². The van der Waals surface area contributed by atoms with Crippen molar-refractivity contribution in [2.45, 2.75) is 6.92 Å². The van der Waals surface area contributed by atoms with Gasteiger partial charge in [-0.2, -0.15) is 0 Å². The van der Waals surface area contributed by atoms with Gasteiger partial charge >= 0.3 is 0 Å². The molecule has 0 saturated heterocycles. The van der Waals surface area contributed by atoms with E-state index in [9.17, 15) is 4.79 Å². The maximum absolute atomic E-state index is 12.1. The minimum absolute atomic E-state index is 0.00726. The molecule has 0 spiro atoms. The first kappa shape index (κ1) is 10.8. The number of aromatic nitrogens is 1. The molecule has 2 nitrogen and oxygen atoms in total. The number of rotatable bonds is 2. The number of fused-ring (bicyclic) bond motifs is 3. The van der Waals surface area contributed by atoms with Crippen LogP contribution >= 0.6 is 0 Å². The third-order valence-electron chi connectivity index (χ3n) is 3.17. The summed E-state index contributed by atoms with van der Waals surface area (Å²) in [5.41, 5.74) is 3.19. The van der Waals surface area contributed by atoms with Crippen molar-refractivity contribution in [2.75, 3.05) is 0 Å². The molecule has 0 radical (unpaired) electrons. The average molecular weight is 235 g/mol. The van der Waals surface area contributed by atoms with E-state index in [1.165, 1.54) is 0 Å². The average Bonchev–Trinajstić information content (AvgIpc) is 2.76. The fraction of sp³-hybridized carbons (Fsp3) is 0.0625. The lowest BCUT2D eigenvalue weighted by Crippen LogP contribution is -2.00. The van der Waals surface area contributed by atoms with E-state index in [0.717, 1.165) is 21.8 Å². The van der Waals surface area contributed by atoms with Crippen molar-refractivity contribution >= 4 is 27.6 Å². The Morgan fingerprint density at radius 2 is 1.78 bits per heavy atom. The molecule has 2 heteroatoms. The molecule has 0 amide bonds. The molecule has 1 N–H and O–H groups in total. The van der Waals surface area contributed by atoms with E-state index in [2.05, 4.69) is 17.6 Å². The number of para-hydroxylation sites is 2. The van der Waals surface area contributed by atoms with Crippen molar-refractivity contribution in [3.63, 3.8) is 0 Å². The van der Waals surface area contributed by atoms with Crippen molar-refractivity contribution in [2.24, 2.45) is 0 Å². The summed E-state index contributed by atoms with van der Waals surface area (Å²) in [4.78, 5) is 15.4. The Bertz CT molecular complexity index is 780. The first-order chi connectivity index (χ1) is 8.68. The molecule has 0 aliphatic rings. The van der Waals surface area contributed by atoms with Crippen LogP contribution < -0.4 is 0 Å². The van der Waals surface area contributed by atoms with Crippen molar-refractivity contribution in [1.82, 2.24) is 4.98 Å². The Hall–Kier alpha value is -2.35. The van der Waals surface area contributed by atoms with E-state index in [-0.39, 0.29) is 5.78 Å². The van der Waals surface area contributed by atoms with Crippen LogP contribution in [0, 0.1) is 0 Å². The number of hydrogen-bond donors (Lipinski definition) is 1. The van der Waals surface area contributed by atoms with Crippen LogP contribution in [0.4, 0.5) is 0 Å². The molecule has 0 atom stereocenters. The van der Waals surface area contributed by atoms with Crippen molar-refractivity contribution in [3.8, 4) is 0 Å². The molecule has 3 aromatic rings. The molecule has 0 aliphatic heterocycles. The highest BCUT2D eigenvalue weighted by molar-refractivity contribution is 6.19. The van der Waals surface area contributed by atoms with Gasteiger partial charge in [-0.15, -0.1) is 0 Å². The van der Waals surface area contributed by atoms with Gasteiger partial charge in [-0.25, -0.2) is 0 Å². The lowest BCUT2D eigenvalue weighted by molar-refractivity contribution is 0.103. The summed E-state index contributed by atoms with van der Waals surface area (Å²) in [5.74, 6) is -0.00726. The molecule has 3 rings (SSSR count). The molecule has 2 aromatic carbocycles. The minimum atomic E-state index is -0.00726. The third kappa shape index (κ3) is 1.46. The number of aromatic amines is 1. The second-order valence-corrected chi connectivity index (χ2v) is 4.51. The van der Waals surface area contributed by atoms with Gasteiger partial charge in [0.15, 0.2) is 5.78 Å². The number of hydrogen-bond acceptors (Lipinski definition) is 1. The number of H-pyrrole nitrogens is 1. The van der Waals surface area contributed by atoms with E-state index < -0.39 is 0 Å². The smallest absolute Gasteiger partial charge is 0.190 e. The van der Waals surface area contributed by atoms with Gasteiger partial charge in [0.1, 0.15) is 0 Å². The number of ketones is 1. The number of allylic oxidation sites excluding steroid dienone is 1. The molecule has 18 heavy (non-hydrogen) atoms. The second kappa shape index (κ2) is 3.84. The summed E-state index contributed by atoms with van der Waals surface area (Å²) >= 11 is 0. The van der Waals surface area contributed by atoms with Gasteiger partial charge in [-0.1, -0.05) is 36.9 Å². The number of carbonyl (C=O) groups excluding carboxylic acids is 1. The SMILES string of the molecule is C=C(C)C(=O)c1cccc2c1[nH]c1ccccc12. The maximum Gasteiger partial charge on any atom is 0.190 e. The summed E-state index contributed by atoms with van der Waals surface area (Å²) < 4.78 is 0.